The maximum atomic E-state index is 13.7. The first-order valence-electron chi connectivity index (χ1n) is 17.0. The van der Waals surface area contributed by atoms with Crippen LogP contribution in [0.15, 0.2) is 137 Å². The standard InChI is InChI=1S/C41H42N2O7S2/c1-28-12-22-35(23-13-28)52(46,47)43-36(24-29-8-4-3-5-9-29)40(45)42-33-20-18-32(19-21-33)41-49-34(27-51-39-11-7-6-10-37(39)48-2)25-38(50-41)31-16-14-30(26-44)15-17-31/h3-23,34,36,38,41,43-44H,24-27H2,1-2H3,(H,42,45). The summed E-state index contributed by atoms with van der Waals surface area (Å²) >= 11 is 1.66. The summed E-state index contributed by atoms with van der Waals surface area (Å²) in [6.45, 7) is 1.84. The summed E-state index contributed by atoms with van der Waals surface area (Å²) < 4.78 is 47.8. The van der Waals surface area contributed by atoms with Crippen molar-refractivity contribution in [2.75, 3.05) is 18.2 Å². The lowest BCUT2D eigenvalue weighted by molar-refractivity contribution is -0.245. The van der Waals surface area contributed by atoms with Crippen molar-refractivity contribution in [1.29, 1.82) is 0 Å². The molecule has 1 saturated heterocycles. The molecule has 0 spiro atoms. The summed E-state index contributed by atoms with van der Waals surface area (Å²) in [5.41, 5.74) is 4.82. The Morgan fingerprint density at radius 3 is 2.21 bits per heavy atom. The highest BCUT2D eigenvalue weighted by Gasteiger charge is 2.33. The topological polar surface area (TPSA) is 123 Å². The number of hydrogen-bond acceptors (Lipinski definition) is 8. The monoisotopic (exact) mass is 738 g/mol. The SMILES string of the molecule is COc1ccccc1SCC1CC(c2ccc(CO)cc2)OC(c2ccc(NC(=O)C(Cc3ccccc3)NS(=O)(=O)c3ccc(C)cc3)cc2)O1. The number of hydrogen-bond donors (Lipinski definition) is 3. The van der Waals surface area contributed by atoms with Gasteiger partial charge in [0, 0.05) is 28.3 Å². The Bertz CT molecular complexity index is 2030. The second kappa shape index (κ2) is 17.4. The highest BCUT2D eigenvalue weighted by Crippen LogP contribution is 2.40. The molecule has 4 unspecified atom stereocenters. The van der Waals surface area contributed by atoms with Crippen molar-refractivity contribution < 1.29 is 32.5 Å². The summed E-state index contributed by atoms with van der Waals surface area (Å²) in [4.78, 5) is 14.8. The third-order valence-corrected chi connectivity index (χ3v) is 11.5. The second-order valence-corrected chi connectivity index (χ2v) is 15.4. The number of aliphatic hydroxyl groups excluding tert-OH is 1. The van der Waals surface area contributed by atoms with E-state index in [9.17, 15) is 18.3 Å². The second-order valence-electron chi connectivity index (χ2n) is 12.6. The summed E-state index contributed by atoms with van der Waals surface area (Å²) in [6, 6.07) is 37.5. The highest BCUT2D eigenvalue weighted by molar-refractivity contribution is 7.99. The van der Waals surface area contributed by atoms with Crippen molar-refractivity contribution in [3.05, 3.63) is 155 Å². The lowest BCUT2D eigenvalue weighted by Gasteiger charge is -2.36. The fourth-order valence-corrected chi connectivity index (χ4v) is 8.15. The van der Waals surface area contributed by atoms with Crippen LogP contribution in [-0.4, -0.2) is 44.4 Å². The third kappa shape index (κ3) is 9.68. The normalized spacial score (nSPS) is 18.0. The van der Waals surface area contributed by atoms with E-state index in [-0.39, 0.29) is 30.1 Å². The largest absolute Gasteiger partial charge is 0.496 e. The number of para-hydroxylation sites is 1. The van der Waals surface area contributed by atoms with Crippen LogP contribution in [0.3, 0.4) is 0 Å². The Balaban J connectivity index is 1.18. The first kappa shape index (κ1) is 37.3. The van der Waals surface area contributed by atoms with Crippen LogP contribution in [0.5, 0.6) is 5.75 Å². The molecule has 6 rings (SSSR count). The van der Waals surface area contributed by atoms with Gasteiger partial charge in [-0.25, -0.2) is 8.42 Å². The van der Waals surface area contributed by atoms with E-state index in [0.717, 1.165) is 38.5 Å². The molecule has 1 aliphatic rings. The number of aryl methyl sites for hydroxylation is 1. The number of rotatable bonds is 14. The molecule has 1 fully saturated rings. The molecule has 1 amide bonds. The van der Waals surface area contributed by atoms with E-state index in [2.05, 4.69) is 10.0 Å². The maximum Gasteiger partial charge on any atom is 0.242 e. The smallest absolute Gasteiger partial charge is 0.242 e. The van der Waals surface area contributed by atoms with Gasteiger partial charge < -0.3 is 24.6 Å². The van der Waals surface area contributed by atoms with Crippen molar-refractivity contribution in [1.82, 2.24) is 4.72 Å². The molecule has 0 aromatic heterocycles. The summed E-state index contributed by atoms with van der Waals surface area (Å²) in [6.07, 6.45) is -0.303. The van der Waals surface area contributed by atoms with Gasteiger partial charge in [-0.2, -0.15) is 4.72 Å². The van der Waals surface area contributed by atoms with Crippen LogP contribution in [0.1, 0.15) is 46.6 Å². The molecule has 0 saturated carbocycles. The molecule has 9 nitrogen and oxygen atoms in total. The van der Waals surface area contributed by atoms with E-state index >= 15 is 0 Å². The van der Waals surface area contributed by atoms with E-state index in [1.54, 1.807) is 43.1 Å². The number of aliphatic hydroxyl groups is 1. The number of benzene rings is 5. The van der Waals surface area contributed by atoms with Crippen molar-refractivity contribution in [3.8, 4) is 5.75 Å². The minimum absolute atomic E-state index is 0.0375. The van der Waals surface area contributed by atoms with Crippen LogP contribution in [0, 0.1) is 6.92 Å². The number of anilines is 1. The van der Waals surface area contributed by atoms with E-state index in [1.807, 2.05) is 97.9 Å². The number of carbonyl (C=O) groups is 1. The zero-order chi connectivity index (χ0) is 36.5. The number of thioether (sulfide) groups is 1. The zero-order valence-electron chi connectivity index (χ0n) is 29.0. The molecule has 1 aliphatic heterocycles. The van der Waals surface area contributed by atoms with Gasteiger partial charge in [0.1, 0.15) is 11.8 Å². The van der Waals surface area contributed by atoms with Gasteiger partial charge in [0.2, 0.25) is 15.9 Å². The summed E-state index contributed by atoms with van der Waals surface area (Å²) in [5.74, 6) is 0.983. The Hall–Kier alpha value is -4.49. The fourth-order valence-electron chi connectivity index (χ4n) is 5.91. The molecule has 11 heteroatoms. The van der Waals surface area contributed by atoms with Gasteiger partial charge >= 0.3 is 0 Å². The minimum Gasteiger partial charge on any atom is -0.496 e. The Labute approximate surface area is 309 Å². The quantitative estimate of drug-likeness (QED) is 0.101. The third-order valence-electron chi connectivity index (χ3n) is 8.79. The molecule has 0 bridgehead atoms. The predicted molar refractivity (Wildman–Crippen MR) is 203 cm³/mol. The van der Waals surface area contributed by atoms with Crippen molar-refractivity contribution in [2.24, 2.45) is 0 Å². The molecule has 3 N–H and O–H groups in total. The highest BCUT2D eigenvalue weighted by atomic mass is 32.2. The van der Waals surface area contributed by atoms with Gasteiger partial charge in [-0.3, -0.25) is 4.79 Å². The van der Waals surface area contributed by atoms with Crippen molar-refractivity contribution >= 4 is 33.4 Å². The van der Waals surface area contributed by atoms with E-state index in [4.69, 9.17) is 14.2 Å². The van der Waals surface area contributed by atoms with Crippen LogP contribution in [0.2, 0.25) is 0 Å². The fraction of sp³-hybridized carbons (Fsp3) is 0.244. The van der Waals surface area contributed by atoms with E-state index in [1.165, 1.54) is 12.1 Å². The summed E-state index contributed by atoms with van der Waals surface area (Å²) in [5, 5.41) is 12.4. The van der Waals surface area contributed by atoms with Crippen LogP contribution in [0.4, 0.5) is 5.69 Å². The molecular formula is C41H42N2O7S2. The Kier molecular flexibility index (Phi) is 12.4. The predicted octanol–water partition coefficient (Wildman–Crippen LogP) is 7.36. The maximum absolute atomic E-state index is 13.7. The molecule has 1 heterocycles. The number of nitrogens with one attached hydrogen (secondary N) is 2. The molecule has 270 valence electrons. The first-order chi connectivity index (χ1) is 25.2. The van der Waals surface area contributed by atoms with Gasteiger partial charge in [0.25, 0.3) is 0 Å². The Morgan fingerprint density at radius 2 is 1.52 bits per heavy atom. The molecular weight excluding hydrogens is 697 g/mol. The molecule has 5 aromatic rings. The lowest BCUT2D eigenvalue weighted by Crippen LogP contribution is -2.45. The number of methoxy groups -OCH3 is 1. The molecule has 0 aliphatic carbocycles. The molecule has 4 atom stereocenters. The molecule has 0 radical (unpaired) electrons. The number of carbonyl (C=O) groups excluding carboxylic acids is 1. The number of amides is 1. The molecule has 52 heavy (non-hydrogen) atoms. The number of sulfonamides is 1. The Morgan fingerprint density at radius 1 is 0.846 bits per heavy atom. The van der Waals surface area contributed by atoms with Gasteiger partial charge in [-0.15, -0.1) is 11.8 Å². The first-order valence-corrected chi connectivity index (χ1v) is 19.5. The lowest BCUT2D eigenvalue weighted by atomic mass is 10.0. The van der Waals surface area contributed by atoms with Gasteiger partial charge in [-0.1, -0.05) is 96.6 Å². The number of ether oxygens (including phenoxy) is 3. The average Bonchev–Trinajstić information content (AvgIpc) is 3.17. The van der Waals surface area contributed by atoms with Crippen LogP contribution >= 0.6 is 11.8 Å². The van der Waals surface area contributed by atoms with Crippen molar-refractivity contribution in [3.63, 3.8) is 0 Å². The zero-order valence-corrected chi connectivity index (χ0v) is 30.6. The minimum atomic E-state index is -3.98. The van der Waals surface area contributed by atoms with Crippen LogP contribution in [-0.2, 0) is 37.3 Å². The van der Waals surface area contributed by atoms with Gasteiger partial charge in [0.05, 0.1) is 30.8 Å². The average molecular weight is 739 g/mol. The van der Waals surface area contributed by atoms with E-state index in [0.29, 0.717) is 17.9 Å². The van der Waals surface area contributed by atoms with Crippen LogP contribution in [0.25, 0.3) is 0 Å². The van der Waals surface area contributed by atoms with Gasteiger partial charge in [0.15, 0.2) is 6.29 Å². The van der Waals surface area contributed by atoms with Crippen LogP contribution < -0.4 is 14.8 Å². The molecule has 5 aromatic carbocycles. The van der Waals surface area contributed by atoms with Gasteiger partial charge in [-0.05, 0) is 66.4 Å². The van der Waals surface area contributed by atoms with E-state index < -0.39 is 28.3 Å². The van der Waals surface area contributed by atoms with Crippen molar-refractivity contribution in [2.45, 2.75) is 60.7 Å². The summed E-state index contributed by atoms with van der Waals surface area (Å²) in [7, 11) is -2.33.